The summed E-state index contributed by atoms with van der Waals surface area (Å²) >= 11 is 0. The number of carboxylic acids is 1. The van der Waals surface area contributed by atoms with Gasteiger partial charge >= 0.3 is 5.97 Å². The molecule has 84 valence electrons. The molecule has 3 N–H and O–H groups in total. The zero-order valence-electron chi connectivity index (χ0n) is 8.36. The maximum atomic E-state index is 11.0. The lowest BCUT2D eigenvalue weighted by molar-refractivity contribution is -0.156. The molecular weight excluding hydrogens is 206 g/mol. The first kappa shape index (κ1) is 13.7. The monoisotopic (exact) mass is 223 g/mol. The molecule has 5 heteroatoms. The van der Waals surface area contributed by atoms with Gasteiger partial charge in [0.05, 0.1) is 13.2 Å². The van der Waals surface area contributed by atoms with Gasteiger partial charge in [0.15, 0.2) is 0 Å². The van der Waals surface area contributed by atoms with Crippen molar-refractivity contribution in [2.45, 2.75) is 31.7 Å². The van der Waals surface area contributed by atoms with Crippen molar-refractivity contribution in [3.05, 3.63) is 0 Å². The maximum Gasteiger partial charge on any atom is 0.324 e. The quantitative estimate of drug-likeness (QED) is 0.730. The van der Waals surface area contributed by atoms with E-state index in [1.807, 2.05) is 6.92 Å². The van der Waals surface area contributed by atoms with E-state index in [9.17, 15) is 4.79 Å². The molecule has 1 aliphatic rings. The number of carboxylic acid groups (broad SMARTS) is 1. The minimum Gasteiger partial charge on any atom is -0.480 e. The van der Waals surface area contributed by atoms with Crippen LogP contribution in [-0.4, -0.2) is 29.8 Å². The zero-order chi connectivity index (χ0) is 9.90. The average molecular weight is 224 g/mol. The van der Waals surface area contributed by atoms with Crippen molar-refractivity contribution in [3.8, 4) is 0 Å². The van der Waals surface area contributed by atoms with E-state index >= 15 is 0 Å². The number of halogens is 1. The standard InChI is InChI=1S/C9H17NO3.ClH/c1-2-3-4-9(10,8(11)12)7-5-13-6-7;/h7H,2-6,10H2,1H3,(H,11,12);1H. The number of unbranched alkanes of at least 4 members (excludes halogenated alkanes) is 1. The Balaban J connectivity index is 0.00000169. The van der Waals surface area contributed by atoms with Crippen LogP contribution in [0.5, 0.6) is 0 Å². The van der Waals surface area contributed by atoms with E-state index in [0.717, 1.165) is 12.8 Å². The largest absolute Gasteiger partial charge is 0.480 e. The van der Waals surface area contributed by atoms with Crippen LogP contribution in [0.15, 0.2) is 0 Å². The first-order chi connectivity index (χ1) is 6.11. The third kappa shape index (κ3) is 2.59. The first-order valence-corrected chi connectivity index (χ1v) is 4.71. The Morgan fingerprint density at radius 1 is 1.64 bits per heavy atom. The predicted octanol–water partition coefficient (Wildman–Crippen LogP) is 1.03. The van der Waals surface area contributed by atoms with Crippen LogP contribution < -0.4 is 5.73 Å². The lowest BCUT2D eigenvalue weighted by Gasteiger charge is -2.39. The second kappa shape index (κ2) is 5.53. The molecule has 4 nitrogen and oxygen atoms in total. The Labute approximate surface area is 90.2 Å². The van der Waals surface area contributed by atoms with Crippen LogP contribution in [0.3, 0.4) is 0 Å². The van der Waals surface area contributed by atoms with E-state index in [-0.39, 0.29) is 18.3 Å². The molecule has 0 amide bonds. The highest BCUT2D eigenvalue weighted by Gasteiger charge is 2.45. The van der Waals surface area contributed by atoms with Gasteiger partial charge in [0.25, 0.3) is 0 Å². The van der Waals surface area contributed by atoms with E-state index in [4.69, 9.17) is 15.6 Å². The molecule has 0 aromatic carbocycles. The highest BCUT2D eigenvalue weighted by molar-refractivity contribution is 5.85. The van der Waals surface area contributed by atoms with Crippen LogP contribution in [0.2, 0.25) is 0 Å². The van der Waals surface area contributed by atoms with Gasteiger partial charge in [0.1, 0.15) is 5.54 Å². The number of hydrogen-bond acceptors (Lipinski definition) is 3. The summed E-state index contributed by atoms with van der Waals surface area (Å²) in [5, 5.41) is 9.01. The van der Waals surface area contributed by atoms with Gasteiger partial charge < -0.3 is 15.6 Å². The third-order valence-corrected chi connectivity index (χ3v) is 2.71. The van der Waals surface area contributed by atoms with Crippen molar-refractivity contribution in [3.63, 3.8) is 0 Å². The number of carbonyl (C=O) groups is 1. The molecule has 0 radical (unpaired) electrons. The van der Waals surface area contributed by atoms with Gasteiger partial charge in [-0.2, -0.15) is 0 Å². The molecule has 0 spiro atoms. The number of aliphatic carboxylic acids is 1. The molecule has 0 aromatic heterocycles. The summed E-state index contributed by atoms with van der Waals surface area (Å²) < 4.78 is 4.97. The Hall–Kier alpha value is -0.320. The number of ether oxygens (including phenoxy) is 1. The topological polar surface area (TPSA) is 72.6 Å². The smallest absolute Gasteiger partial charge is 0.324 e. The summed E-state index contributed by atoms with van der Waals surface area (Å²) in [5.74, 6) is -0.897. The van der Waals surface area contributed by atoms with Crippen molar-refractivity contribution in [2.75, 3.05) is 13.2 Å². The van der Waals surface area contributed by atoms with E-state index in [0.29, 0.717) is 19.6 Å². The molecule has 1 heterocycles. The van der Waals surface area contributed by atoms with Gasteiger partial charge in [-0.15, -0.1) is 12.4 Å². The molecule has 0 aromatic rings. The second-order valence-corrected chi connectivity index (χ2v) is 3.68. The summed E-state index contributed by atoms with van der Waals surface area (Å²) in [6.45, 7) is 3.01. The molecule has 1 saturated heterocycles. The van der Waals surface area contributed by atoms with Gasteiger partial charge in [-0.1, -0.05) is 19.8 Å². The number of rotatable bonds is 5. The SMILES string of the molecule is CCCCC(N)(C(=O)O)C1COC1.Cl. The summed E-state index contributed by atoms with van der Waals surface area (Å²) in [4.78, 5) is 11.0. The van der Waals surface area contributed by atoms with E-state index in [2.05, 4.69) is 0 Å². The molecular formula is C9H18ClNO3. The van der Waals surface area contributed by atoms with E-state index < -0.39 is 11.5 Å². The maximum absolute atomic E-state index is 11.0. The number of nitrogens with two attached hydrogens (primary N) is 1. The molecule has 0 saturated carbocycles. The highest BCUT2D eigenvalue weighted by Crippen LogP contribution is 2.27. The van der Waals surface area contributed by atoms with Gasteiger partial charge in [-0.3, -0.25) is 4.79 Å². The van der Waals surface area contributed by atoms with Crippen LogP contribution in [0, 0.1) is 5.92 Å². The van der Waals surface area contributed by atoms with Crippen LogP contribution in [0.25, 0.3) is 0 Å². The normalized spacial score (nSPS) is 20.4. The van der Waals surface area contributed by atoms with E-state index in [1.165, 1.54) is 0 Å². The van der Waals surface area contributed by atoms with Crippen LogP contribution >= 0.6 is 12.4 Å². The van der Waals surface area contributed by atoms with Gasteiger partial charge in [-0.05, 0) is 6.42 Å². The molecule has 1 aliphatic heterocycles. The van der Waals surface area contributed by atoms with Crippen molar-refractivity contribution < 1.29 is 14.6 Å². The molecule has 14 heavy (non-hydrogen) atoms. The Morgan fingerprint density at radius 3 is 2.50 bits per heavy atom. The summed E-state index contributed by atoms with van der Waals surface area (Å²) in [6.07, 6.45) is 2.38. The fourth-order valence-electron chi connectivity index (χ4n) is 1.49. The minimum atomic E-state index is -1.06. The molecule has 1 atom stereocenters. The fourth-order valence-corrected chi connectivity index (χ4v) is 1.49. The van der Waals surface area contributed by atoms with Crippen molar-refractivity contribution in [1.29, 1.82) is 0 Å². The molecule has 1 rings (SSSR count). The Bertz CT molecular complexity index is 196. The first-order valence-electron chi connectivity index (χ1n) is 4.71. The minimum absolute atomic E-state index is 0. The Morgan fingerprint density at radius 2 is 2.21 bits per heavy atom. The van der Waals surface area contributed by atoms with Crippen molar-refractivity contribution in [2.24, 2.45) is 11.7 Å². The molecule has 1 unspecified atom stereocenters. The number of hydrogen-bond donors (Lipinski definition) is 2. The van der Waals surface area contributed by atoms with Crippen molar-refractivity contribution >= 4 is 18.4 Å². The molecule has 0 aliphatic carbocycles. The van der Waals surface area contributed by atoms with Gasteiger partial charge in [0.2, 0.25) is 0 Å². The Kier molecular flexibility index (Phi) is 5.41. The second-order valence-electron chi connectivity index (χ2n) is 3.68. The summed E-state index contributed by atoms with van der Waals surface area (Å²) in [7, 11) is 0. The fraction of sp³-hybridized carbons (Fsp3) is 0.889. The summed E-state index contributed by atoms with van der Waals surface area (Å²) in [6, 6.07) is 0. The lowest BCUT2D eigenvalue weighted by atomic mass is 9.79. The molecule has 1 fully saturated rings. The zero-order valence-corrected chi connectivity index (χ0v) is 9.18. The predicted molar refractivity (Wildman–Crippen MR) is 55.6 cm³/mol. The van der Waals surface area contributed by atoms with Crippen molar-refractivity contribution in [1.82, 2.24) is 0 Å². The lowest BCUT2D eigenvalue weighted by Crippen LogP contribution is -2.60. The van der Waals surface area contributed by atoms with E-state index in [1.54, 1.807) is 0 Å². The third-order valence-electron chi connectivity index (χ3n) is 2.71. The summed E-state index contributed by atoms with van der Waals surface area (Å²) in [5.41, 5.74) is 4.79. The molecule has 0 bridgehead atoms. The van der Waals surface area contributed by atoms with Crippen LogP contribution in [-0.2, 0) is 9.53 Å². The van der Waals surface area contributed by atoms with Crippen LogP contribution in [0.1, 0.15) is 26.2 Å². The van der Waals surface area contributed by atoms with Gasteiger partial charge in [0, 0.05) is 5.92 Å². The van der Waals surface area contributed by atoms with Crippen LogP contribution in [0.4, 0.5) is 0 Å². The van der Waals surface area contributed by atoms with Gasteiger partial charge in [-0.25, -0.2) is 0 Å². The average Bonchev–Trinajstić information content (AvgIpc) is 1.97. The highest BCUT2D eigenvalue weighted by atomic mass is 35.5.